The van der Waals surface area contributed by atoms with Gasteiger partial charge in [-0.05, 0) is 44.9 Å². The molecule has 0 aromatic carbocycles. The molecule has 1 fully saturated rings. The van der Waals surface area contributed by atoms with E-state index in [0.717, 1.165) is 31.3 Å². The summed E-state index contributed by atoms with van der Waals surface area (Å²) in [5.74, 6) is 1.06. The molecule has 1 unspecified atom stereocenters. The molecule has 0 amide bonds. The Kier molecular flexibility index (Phi) is 3.44. The summed E-state index contributed by atoms with van der Waals surface area (Å²) in [6.07, 6.45) is 5.47. The number of furan rings is 1. The second kappa shape index (κ2) is 4.81. The van der Waals surface area contributed by atoms with Gasteiger partial charge in [0, 0.05) is 12.1 Å². The molecule has 0 saturated heterocycles. The highest BCUT2D eigenvalue weighted by Gasteiger charge is 2.32. The van der Waals surface area contributed by atoms with Gasteiger partial charge in [0.2, 0.25) is 0 Å². The summed E-state index contributed by atoms with van der Waals surface area (Å²) in [6.45, 7) is 3.95. The third-order valence-electron chi connectivity index (χ3n) is 3.08. The molecular formula is C12H20N2O. The van der Waals surface area contributed by atoms with Gasteiger partial charge in [0.1, 0.15) is 5.76 Å². The van der Waals surface area contributed by atoms with E-state index in [0.29, 0.717) is 6.04 Å². The first kappa shape index (κ1) is 10.7. The fourth-order valence-corrected chi connectivity index (χ4v) is 2.04. The molecule has 0 bridgehead atoms. The van der Waals surface area contributed by atoms with Gasteiger partial charge in [0.05, 0.1) is 12.8 Å². The lowest BCUT2D eigenvalue weighted by molar-refractivity contribution is 0.168. The van der Waals surface area contributed by atoms with Crippen molar-refractivity contribution in [1.29, 1.82) is 0 Å². The van der Waals surface area contributed by atoms with Crippen molar-refractivity contribution in [3.05, 3.63) is 24.2 Å². The maximum Gasteiger partial charge on any atom is 0.117 e. The summed E-state index contributed by atoms with van der Waals surface area (Å²) in [4.78, 5) is 2.52. The largest absolute Gasteiger partial charge is 0.468 e. The average Bonchev–Trinajstić information content (AvgIpc) is 2.93. The minimum absolute atomic E-state index is 0.563. The van der Waals surface area contributed by atoms with Gasteiger partial charge in [-0.25, -0.2) is 0 Å². The molecule has 1 atom stereocenters. The van der Waals surface area contributed by atoms with E-state index in [2.05, 4.69) is 11.8 Å². The Morgan fingerprint density at radius 3 is 2.93 bits per heavy atom. The van der Waals surface area contributed by atoms with Crippen molar-refractivity contribution >= 4 is 0 Å². The van der Waals surface area contributed by atoms with Crippen LogP contribution in [0.3, 0.4) is 0 Å². The van der Waals surface area contributed by atoms with Crippen LogP contribution in [0.4, 0.5) is 0 Å². The van der Waals surface area contributed by atoms with Crippen molar-refractivity contribution in [2.24, 2.45) is 5.73 Å². The molecule has 3 nitrogen and oxygen atoms in total. The van der Waals surface area contributed by atoms with Gasteiger partial charge in [-0.15, -0.1) is 0 Å². The molecular weight excluding hydrogens is 188 g/mol. The lowest BCUT2D eigenvalue weighted by atomic mass is 10.2. The van der Waals surface area contributed by atoms with Crippen LogP contribution in [0.1, 0.15) is 31.9 Å². The van der Waals surface area contributed by atoms with Crippen LogP contribution in [0, 0.1) is 0 Å². The third kappa shape index (κ3) is 2.83. The predicted molar refractivity (Wildman–Crippen MR) is 60.4 cm³/mol. The Balaban J connectivity index is 1.94. The van der Waals surface area contributed by atoms with Crippen LogP contribution in [0.5, 0.6) is 0 Å². The first-order valence-corrected chi connectivity index (χ1v) is 5.79. The van der Waals surface area contributed by atoms with E-state index in [9.17, 15) is 0 Å². The molecule has 1 aliphatic carbocycles. The Morgan fingerprint density at radius 2 is 2.40 bits per heavy atom. The van der Waals surface area contributed by atoms with Gasteiger partial charge >= 0.3 is 0 Å². The van der Waals surface area contributed by atoms with Gasteiger partial charge in [-0.3, -0.25) is 4.90 Å². The Hall–Kier alpha value is -0.800. The molecule has 15 heavy (non-hydrogen) atoms. The van der Waals surface area contributed by atoms with Crippen LogP contribution in [0.2, 0.25) is 0 Å². The van der Waals surface area contributed by atoms with E-state index < -0.39 is 0 Å². The van der Waals surface area contributed by atoms with E-state index in [1.54, 1.807) is 6.26 Å². The smallest absolute Gasteiger partial charge is 0.117 e. The van der Waals surface area contributed by atoms with Crippen molar-refractivity contribution in [3.8, 4) is 0 Å². The summed E-state index contributed by atoms with van der Waals surface area (Å²) < 4.78 is 5.40. The standard InChI is InChI=1S/C12H20N2O/c1-10(6-7-13)14(11-4-5-11)9-12-3-2-8-15-12/h2-3,8,10-11H,4-7,9,13H2,1H3. The molecule has 2 N–H and O–H groups in total. The van der Waals surface area contributed by atoms with Crippen LogP contribution in [-0.4, -0.2) is 23.5 Å². The van der Waals surface area contributed by atoms with Crippen molar-refractivity contribution in [2.75, 3.05) is 6.54 Å². The number of rotatable bonds is 6. The second-order valence-corrected chi connectivity index (χ2v) is 4.41. The Morgan fingerprint density at radius 1 is 1.60 bits per heavy atom. The van der Waals surface area contributed by atoms with Crippen LogP contribution in [0.25, 0.3) is 0 Å². The molecule has 1 aromatic rings. The maximum atomic E-state index is 5.61. The molecule has 0 radical (unpaired) electrons. The zero-order valence-electron chi connectivity index (χ0n) is 9.36. The zero-order valence-corrected chi connectivity index (χ0v) is 9.36. The van der Waals surface area contributed by atoms with Crippen molar-refractivity contribution in [1.82, 2.24) is 4.90 Å². The number of hydrogen-bond donors (Lipinski definition) is 1. The van der Waals surface area contributed by atoms with E-state index in [4.69, 9.17) is 10.2 Å². The molecule has 1 heterocycles. The lowest BCUT2D eigenvalue weighted by Crippen LogP contribution is -2.35. The van der Waals surface area contributed by atoms with Crippen LogP contribution >= 0.6 is 0 Å². The second-order valence-electron chi connectivity index (χ2n) is 4.41. The molecule has 1 aromatic heterocycles. The quantitative estimate of drug-likeness (QED) is 0.777. The Bertz CT molecular complexity index is 280. The summed E-state index contributed by atoms with van der Waals surface area (Å²) in [7, 11) is 0. The highest BCUT2D eigenvalue weighted by atomic mass is 16.3. The average molecular weight is 208 g/mol. The van der Waals surface area contributed by atoms with Gasteiger partial charge in [0.25, 0.3) is 0 Å². The molecule has 0 aliphatic heterocycles. The van der Waals surface area contributed by atoms with E-state index in [-0.39, 0.29) is 0 Å². The van der Waals surface area contributed by atoms with E-state index in [1.807, 2.05) is 12.1 Å². The fraction of sp³-hybridized carbons (Fsp3) is 0.667. The van der Waals surface area contributed by atoms with E-state index >= 15 is 0 Å². The van der Waals surface area contributed by atoms with Gasteiger partial charge in [-0.2, -0.15) is 0 Å². The lowest BCUT2D eigenvalue weighted by Gasteiger charge is -2.27. The molecule has 84 valence electrons. The van der Waals surface area contributed by atoms with Gasteiger partial charge in [-0.1, -0.05) is 0 Å². The van der Waals surface area contributed by atoms with Crippen molar-refractivity contribution in [2.45, 2.75) is 44.8 Å². The third-order valence-corrected chi connectivity index (χ3v) is 3.08. The van der Waals surface area contributed by atoms with Crippen molar-refractivity contribution < 1.29 is 4.42 Å². The molecule has 1 saturated carbocycles. The highest BCUT2D eigenvalue weighted by molar-refractivity contribution is 5.00. The predicted octanol–water partition coefficient (Wildman–Crippen LogP) is 1.98. The summed E-state index contributed by atoms with van der Waals surface area (Å²) >= 11 is 0. The van der Waals surface area contributed by atoms with Gasteiger partial charge < -0.3 is 10.2 Å². The fourth-order valence-electron chi connectivity index (χ4n) is 2.04. The monoisotopic (exact) mass is 208 g/mol. The first-order chi connectivity index (χ1) is 7.31. The maximum absolute atomic E-state index is 5.61. The molecule has 0 spiro atoms. The normalized spacial score (nSPS) is 18.3. The molecule has 1 aliphatic rings. The van der Waals surface area contributed by atoms with Crippen LogP contribution in [0.15, 0.2) is 22.8 Å². The van der Waals surface area contributed by atoms with Crippen molar-refractivity contribution in [3.63, 3.8) is 0 Å². The number of nitrogens with zero attached hydrogens (tertiary/aromatic N) is 1. The van der Waals surface area contributed by atoms with E-state index in [1.165, 1.54) is 12.8 Å². The molecule has 3 heteroatoms. The summed E-state index contributed by atoms with van der Waals surface area (Å²) in [6, 6.07) is 5.32. The Labute approximate surface area is 91.2 Å². The highest BCUT2D eigenvalue weighted by Crippen LogP contribution is 2.30. The van der Waals surface area contributed by atoms with Crippen LogP contribution < -0.4 is 5.73 Å². The summed E-state index contributed by atoms with van der Waals surface area (Å²) in [5.41, 5.74) is 5.61. The van der Waals surface area contributed by atoms with Gasteiger partial charge in [0.15, 0.2) is 0 Å². The minimum atomic E-state index is 0.563. The SMILES string of the molecule is CC(CCN)N(Cc1ccco1)C1CC1. The molecule has 2 rings (SSSR count). The first-order valence-electron chi connectivity index (χ1n) is 5.79. The number of nitrogens with two attached hydrogens (primary N) is 1. The zero-order chi connectivity index (χ0) is 10.7. The topological polar surface area (TPSA) is 42.4 Å². The minimum Gasteiger partial charge on any atom is -0.468 e. The van der Waals surface area contributed by atoms with Crippen LogP contribution in [-0.2, 0) is 6.54 Å². The summed E-state index contributed by atoms with van der Waals surface area (Å²) in [5, 5.41) is 0. The number of hydrogen-bond acceptors (Lipinski definition) is 3.